The van der Waals surface area contributed by atoms with Crippen LogP contribution in [0.5, 0.6) is 0 Å². The van der Waals surface area contributed by atoms with Crippen molar-refractivity contribution in [2.45, 2.75) is 11.3 Å². The van der Waals surface area contributed by atoms with Gasteiger partial charge in [0.25, 0.3) is 0 Å². The molecule has 2 heterocycles. The number of Topliss-reactive ketones (excluding diaryl/α,β-unsaturated/α-hetero) is 1. The third-order valence-corrected chi connectivity index (χ3v) is 13.3. The number of carbonyl (C=O) groups is 3. The maximum atomic E-state index is 15.0. The van der Waals surface area contributed by atoms with E-state index in [9.17, 15) is 29.7 Å². The summed E-state index contributed by atoms with van der Waals surface area (Å²) in [7, 11) is 0. The van der Waals surface area contributed by atoms with E-state index in [0.717, 1.165) is 55.0 Å². The number of nitrogens with one attached hydrogen (secondary N) is 3. The number of rotatable bonds is 3. The molecule has 0 aromatic heterocycles. The Kier molecular flexibility index (Phi) is 6.44. The fraction of sp³-hybridized carbons (Fsp3) is 0.0385. The van der Waals surface area contributed by atoms with Crippen LogP contribution in [0.2, 0.25) is 0 Å². The standard InChI is InChI=1S/C52H30N4O6/c57-47-43(29-23-21-25-9-5-19-37-39(25)45(29)55-51(53-37)33-15-3-1-11-27(33)41-31(49(59)60)13-7-17-35(41)51)48(58)44(47)30-24-22-26-10-6-20-38-40(26)46(30)56-52(54-38)34-16-4-2-12-28(34)42-32(50(61)62)14-8-18-36(42)52/h1-24,53,55-57H,(H,59,60)(H,61,62)/b44-30+. The molecule has 294 valence electrons. The van der Waals surface area contributed by atoms with Crippen molar-refractivity contribution in [1.82, 2.24) is 0 Å². The van der Waals surface area contributed by atoms with Gasteiger partial charge in [-0.15, -0.1) is 0 Å². The molecule has 0 fully saturated rings. The molecule has 0 bridgehead atoms. The number of carboxylic acid groups (broad SMARTS) is 2. The van der Waals surface area contributed by atoms with Crippen molar-refractivity contribution in [3.8, 4) is 22.3 Å². The second-order valence-electron chi connectivity index (χ2n) is 16.3. The molecule has 0 amide bonds. The van der Waals surface area contributed by atoms with Crippen LogP contribution in [0, 0.1) is 0 Å². The number of hydrogen-bond acceptors (Lipinski definition) is 8. The van der Waals surface area contributed by atoms with E-state index >= 15 is 0 Å². The van der Waals surface area contributed by atoms with Gasteiger partial charge in [-0.1, -0.05) is 121 Å². The van der Waals surface area contributed by atoms with E-state index in [2.05, 4.69) is 16.0 Å². The summed E-state index contributed by atoms with van der Waals surface area (Å²) in [5.41, 5.74) is 6.52. The fourth-order valence-electron chi connectivity index (χ4n) is 10.8. The zero-order chi connectivity index (χ0) is 41.8. The van der Waals surface area contributed by atoms with Crippen LogP contribution in [0.1, 0.15) is 48.5 Å². The lowest BCUT2D eigenvalue weighted by Crippen LogP contribution is -2.45. The number of nitrogens with zero attached hydrogens (tertiary/aromatic N) is 1. The molecule has 62 heavy (non-hydrogen) atoms. The minimum Gasteiger partial charge on any atom is -0.506 e. The smallest absolute Gasteiger partial charge is 0.336 e. The quantitative estimate of drug-likeness (QED) is 0.103. The van der Waals surface area contributed by atoms with E-state index in [0.29, 0.717) is 44.2 Å². The largest absolute Gasteiger partial charge is 0.506 e. The maximum Gasteiger partial charge on any atom is 0.336 e. The van der Waals surface area contributed by atoms with Crippen LogP contribution in [0.3, 0.4) is 0 Å². The minimum atomic E-state index is -1.23. The van der Waals surface area contributed by atoms with Crippen LogP contribution in [0.4, 0.5) is 17.1 Å². The molecule has 2 unspecified atom stereocenters. The first-order valence-corrected chi connectivity index (χ1v) is 20.2. The van der Waals surface area contributed by atoms with E-state index in [4.69, 9.17) is 4.99 Å². The number of hydrogen-bond donors (Lipinski definition) is 6. The molecule has 2 atom stereocenters. The number of benzene rings is 8. The summed E-state index contributed by atoms with van der Waals surface area (Å²) < 4.78 is 0. The van der Waals surface area contributed by atoms with Crippen molar-refractivity contribution in [2.75, 3.05) is 16.0 Å². The molecule has 3 aliphatic carbocycles. The first-order valence-electron chi connectivity index (χ1n) is 20.2. The Morgan fingerprint density at radius 3 is 1.87 bits per heavy atom. The lowest BCUT2D eigenvalue weighted by Gasteiger charge is -2.41. The Morgan fingerprint density at radius 1 is 0.516 bits per heavy atom. The Balaban J connectivity index is 1.03. The molecule has 8 aromatic rings. The topological polar surface area (TPSA) is 160 Å². The van der Waals surface area contributed by atoms with Crippen molar-refractivity contribution in [2.24, 2.45) is 4.99 Å². The molecular weight excluding hydrogens is 777 g/mol. The number of aliphatic hydroxyl groups is 1. The van der Waals surface area contributed by atoms with Gasteiger partial charge in [-0.2, -0.15) is 0 Å². The van der Waals surface area contributed by atoms with E-state index in [1.165, 1.54) is 0 Å². The Labute approximate surface area is 351 Å². The number of carbonyl (C=O) groups excluding carboxylic acids is 1. The van der Waals surface area contributed by atoms with Gasteiger partial charge in [-0.25, -0.2) is 14.6 Å². The molecule has 10 heteroatoms. The van der Waals surface area contributed by atoms with Crippen molar-refractivity contribution in [1.29, 1.82) is 0 Å². The molecule has 13 rings (SSSR count). The lowest BCUT2D eigenvalue weighted by molar-refractivity contribution is -0.109. The summed E-state index contributed by atoms with van der Waals surface area (Å²) in [5, 5.41) is 48.8. The van der Waals surface area contributed by atoms with E-state index in [-0.39, 0.29) is 33.8 Å². The Bertz CT molecular complexity index is 3690. The van der Waals surface area contributed by atoms with Gasteiger partial charge in [-0.05, 0) is 46.2 Å². The summed E-state index contributed by atoms with van der Waals surface area (Å²) in [6, 6.07) is 45.1. The monoisotopic (exact) mass is 806 g/mol. The third-order valence-electron chi connectivity index (χ3n) is 13.3. The highest BCUT2D eigenvalue weighted by molar-refractivity contribution is 6.52. The van der Waals surface area contributed by atoms with Crippen LogP contribution in [-0.4, -0.2) is 33.0 Å². The predicted octanol–water partition coefficient (Wildman–Crippen LogP) is 8.74. The second-order valence-corrected chi connectivity index (χ2v) is 16.3. The highest BCUT2D eigenvalue weighted by Crippen LogP contribution is 2.57. The van der Waals surface area contributed by atoms with Gasteiger partial charge in [-0.3, -0.25) is 4.79 Å². The molecule has 10 nitrogen and oxygen atoms in total. The van der Waals surface area contributed by atoms with Gasteiger partial charge in [0.15, 0.2) is 11.3 Å². The van der Waals surface area contributed by atoms with Crippen LogP contribution < -0.4 is 26.5 Å². The number of fused-ring (bicyclic) bond motifs is 10. The van der Waals surface area contributed by atoms with Crippen molar-refractivity contribution in [3.05, 3.63) is 201 Å². The molecular formula is C52H30N4O6. The molecule has 6 N–H and O–H groups in total. The zero-order valence-electron chi connectivity index (χ0n) is 32.4. The van der Waals surface area contributed by atoms with E-state index < -0.39 is 23.3 Å². The fourth-order valence-corrected chi connectivity index (χ4v) is 10.8. The van der Waals surface area contributed by atoms with E-state index in [1.54, 1.807) is 24.3 Å². The third kappa shape index (κ3) is 4.08. The summed E-state index contributed by atoms with van der Waals surface area (Å²) in [4.78, 5) is 45.5. The number of carboxylic acids is 2. The number of ketones is 1. The number of allylic oxidation sites excluding steroid dienone is 2. The van der Waals surface area contributed by atoms with Gasteiger partial charge in [0, 0.05) is 60.6 Å². The number of anilines is 3. The molecule has 0 saturated heterocycles. The van der Waals surface area contributed by atoms with Gasteiger partial charge in [0.2, 0.25) is 5.78 Å². The zero-order valence-corrected chi connectivity index (χ0v) is 32.4. The average Bonchev–Trinajstić information content (AvgIpc) is 3.71. The molecule has 0 saturated carbocycles. The van der Waals surface area contributed by atoms with Gasteiger partial charge in [0.1, 0.15) is 5.76 Å². The maximum absolute atomic E-state index is 15.0. The van der Waals surface area contributed by atoms with Crippen molar-refractivity contribution < 1.29 is 29.7 Å². The average molecular weight is 807 g/mol. The van der Waals surface area contributed by atoms with Gasteiger partial charge < -0.3 is 31.3 Å². The minimum absolute atomic E-state index is 0.147. The van der Waals surface area contributed by atoms with Crippen LogP contribution in [0.25, 0.3) is 54.9 Å². The highest BCUT2D eigenvalue weighted by Gasteiger charge is 2.50. The van der Waals surface area contributed by atoms with Crippen molar-refractivity contribution in [3.63, 3.8) is 0 Å². The van der Waals surface area contributed by atoms with Crippen LogP contribution in [-0.2, 0) is 16.1 Å². The molecule has 8 aromatic carbocycles. The van der Waals surface area contributed by atoms with Gasteiger partial charge >= 0.3 is 11.9 Å². The van der Waals surface area contributed by atoms with E-state index in [1.807, 2.05) is 121 Å². The second kappa shape index (κ2) is 11.6. The molecule has 5 aliphatic rings. The van der Waals surface area contributed by atoms with Gasteiger partial charge in [0.05, 0.1) is 39.0 Å². The summed E-state index contributed by atoms with van der Waals surface area (Å²) in [6.45, 7) is 0. The van der Waals surface area contributed by atoms with Crippen LogP contribution in [0.15, 0.2) is 156 Å². The highest BCUT2D eigenvalue weighted by atomic mass is 16.4. The number of aliphatic hydroxyl groups excluding tert-OH is 1. The Morgan fingerprint density at radius 2 is 1.13 bits per heavy atom. The first kappa shape index (κ1) is 34.4. The summed E-state index contributed by atoms with van der Waals surface area (Å²) in [6.07, 6.45) is 0. The predicted molar refractivity (Wildman–Crippen MR) is 237 cm³/mol. The SMILES string of the molecule is O=C1C(c2ccc3cccc4c3c2NC2(N4)c3ccccc3-c3c(C(=O)O)cccc32)=C(O)/C1=c1/ccc2cccc3c2c1NC1(N=3)c2ccccc2-c2c(C(=O)O)cccc21. The summed E-state index contributed by atoms with van der Waals surface area (Å²) >= 11 is 0. The van der Waals surface area contributed by atoms with Crippen LogP contribution >= 0.6 is 0 Å². The first-order chi connectivity index (χ1) is 30.2. The molecule has 2 spiro atoms. The molecule has 2 aliphatic heterocycles. The lowest BCUT2D eigenvalue weighted by atomic mass is 9.79. The summed E-state index contributed by atoms with van der Waals surface area (Å²) in [5.74, 6) is -2.60. The number of aromatic carboxylic acids is 2. The molecule has 0 radical (unpaired) electrons. The normalized spacial score (nSPS) is 20.1. The van der Waals surface area contributed by atoms with Crippen molar-refractivity contribution >= 4 is 67.5 Å². The Hall–Kier alpha value is -8.50.